The first-order valence-electron chi connectivity index (χ1n) is 4.07. The van der Waals surface area contributed by atoms with Crippen molar-refractivity contribution in [1.82, 2.24) is 4.90 Å². The average Bonchev–Trinajstić information content (AvgIpc) is 2.10. The Balaban J connectivity index is 2.64. The number of hydrogen-bond donors (Lipinski definition) is 0. The van der Waals surface area contributed by atoms with Gasteiger partial charge in [0.15, 0.2) is 0 Å². The van der Waals surface area contributed by atoms with Gasteiger partial charge in [-0.1, -0.05) is 0 Å². The van der Waals surface area contributed by atoms with E-state index in [1.54, 1.807) is 7.05 Å². The maximum atomic E-state index is 5.29. The van der Waals surface area contributed by atoms with E-state index < -0.39 is 0 Å². The monoisotopic (exact) mass is 169 g/mol. The fraction of sp³-hybridized carbons (Fsp3) is 0.750. The molecule has 12 heavy (non-hydrogen) atoms. The van der Waals surface area contributed by atoms with E-state index >= 15 is 0 Å². The third-order valence-corrected chi connectivity index (χ3v) is 1.97. The van der Waals surface area contributed by atoms with Gasteiger partial charge in [-0.25, -0.2) is 4.99 Å². The predicted octanol–water partition coefficient (Wildman–Crippen LogP) is 0.393. The molecule has 0 aromatic rings. The Hall–Kier alpha value is -0.900. The largest absolute Gasteiger partial charge is 0.377 e. The number of ether oxygens (including phenoxy) is 1. The first-order valence-corrected chi connectivity index (χ1v) is 4.07. The molecular weight excluding hydrogens is 154 g/mol. The summed E-state index contributed by atoms with van der Waals surface area (Å²) in [6, 6.07) is 0.350. The maximum Gasteiger partial charge on any atom is 0.220 e. The van der Waals surface area contributed by atoms with Gasteiger partial charge >= 0.3 is 0 Å². The number of aliphatic imine (C=N–C) groups is 2. The first kappa shape index (κ1) is 9.19. The van der Waals surface area contributed by atoms with E-state index in [1.165, 1.54) is 0 Å². The van der Waals surface area contributed by atoms with Crippen molar-refractivity contribution in [2.45, 2.75) is 13.0 Å². The minimum Gasteiger partial charge on any atom is -0.377 e. The van der Waals surface area contributed by atoms with Crippen LogP contribution in [0.25, 0.3) is 0 Å². The molecule has 0 saturated carbocycles. The molecule has 1 atom stereocenters. The van der Waals surface area contributed by atoms with Gasteiger partial charge in [-0.05, 0) is 13.6 Å². The minimum atomic E-state index is 0.350. The van der Waals surface area contributed by atoms with Crippen molar-refractivity contribution in [2.75, 3.05) is 26.8 Å². The van der Waals surface area contributed by atoms with Gasteiger partial charge in [0.25, 0.3) is 0 Å². The molecule has 0 amide bonds. The van der Waals surface area contributed by atoms with Gasteiger partial charge in [0.1, 0.15) is 0 Å². The fourth-order valence-corrected chi connectivity index (χ4v) is 1.31. The molecule has 68 valence electrons. The Bertz CT molecular complexity index is 191. The Morgan fingerprint density at radius 1 is 1.67 bits per heavy atom. The highest BCUT2D eigenvalue weighted by Crippen LogP contribution is 2.07. The molecule has 0 unspecified atom stereocenters. The van der Waals surface area contributed by atoms with Crippen LogP contribution in [-0.2, 0) is 4.74 Å². The van der Waals surface area contributed by atoms with Gasteiger partial charge in [-0.2, -0.15) is 0 Å². The van der Waals surface area contributed by atoms with Crippen LogP contribution in [0.1, 0.15) is 6.92 Å². The highest BCUT2D eigenvalue weighted by molar-refractivity contribution is 5.84. The summed E-state index contributed by atoms with van der Waals surface area (Å²) in [5, 5.41) is 0. The molecule has 0 N–H and O–H groups in total. The molecule has 0 radical (unpaired) electrons. The smallest absolute Gasteiger partial charge is 0.220 e. The van der Waals surface area contributed by atoms with Gasteiger partial charge in [0.2, 0.25) is 5.96 Å². The van der Waals surface area contributed by atoms with Gasteiger partial charge in [-0.3, -0.25) is 4.99 Å². The van der Waals surface area contributed by atoms with Gasteiger partial charge in [0, 0.05) is 13.6 Å². The van der Waals surface area contributed by atoms with Crippen LogP contribution in [-0.4, -0.2) is 50.4 Å². The molecule has 1 rings (SSSR count). The van der Waals surface area contributed by atoms with Crippen LogP contribution in [0.2, 0.25) is 0 Å². The number of nitrogens with zero attached hydrogens (tertiary/aromatic N) is 3. The van der Waals surface area contributed by atoms with Crippen LogP contribution < -0.4 is 0 Å². The summed E-state index contributed by atoms with van der Waals surface area (Å²) in [4.78, 5) is 10.00. The molecule has 1 aliphatic rings. The van der Waals surface area contributed by atoms with Gasteiger partial charge in [0.05, 0.1) is 19.3 Å². The van der Waals surface area contributed by atoms with Gasteiger partial charge < -0.3 is 9.64 Å². The molecule has 0 aromatic heterocycles. The normalized spacial score (nSPS) is 25.7. The summed E-state index contributed by atoms with van der Waals surface area (Å²) in [5.41, 5.74) is 0. The predicted molar refractivity (Wildman–Crippen MR) is 49.9 cm³/mol. The minimum absolute atomic E-state index is 0.350. The third kappa shape index (κ3) is 1.82. The van der Waals surface area contributed by atoms with Crippen molar-refractivity contribution in [3.63, 3.8) is 0 Å². The van der Waals surface area contributed by atoms with Crippen molar-refractivity contribution in [2.24, 2.45) is 9.98 Å². The lowest BCUT2D eigenvalue weighted by atomic mass is 10.3. The van der Waals surface area contributed by atoms with E-state index in [0.29, 0.717) is 12.0 Å². The first-order chi connectivity index (χ1) is 5.79. The van der Waals surface area contributed by atoms with E-state index in [0.717, 1.165) is 19.8 Å². The van der Waals surface area contributed by atoms with Crippen LogP contribution >= 0.6 is 0 Å². The van der Waals surface area contributed by atoms with Crippen LogP contribution in [0, 0.1) is 0 Å². The fourth-order valence-electron chi connectivity index (χ4n) is 1.31. The maximum absolute atomic E-state index is 5.29. The lowest BCUT2D eigenvalue weighted by Crippen LogP contribution is -2.46. The number of hydrogen-bond acceptors (Lipinski definition) is 2. The molecule has 4 nitrogen and oxygen atoms in total. The Morgan fingerprint density at radius 3 is 2.92 bits per heavy atom. The molecule has 0 spiro atoms. The summed E-state index contributed by atoms with van der Waals surface area (Å²) < 4.78 is 5.29. The third-order valence-electron chi connectivity index (χ3n) is 1.97. The average molecular weight is 169 g/mol. The van der Waals surface area contributed by atoms with Crippen molar-refractivity contribution < 1.29 is 4.74 Å². The second-order valence-electron chi connectivity index (χ2n) is 2.80. The van der Waals surface area contributed by atoms with E-state index in [2.05, 4.69) is 28.5 Å². The zero-order valence-corrected chi connectivity index (χ0v) is 7.66. The Morgan fingerprint density at radius 2 is 2.42 bits per heavy atom. The molecule has 0 aromatic carbocycles. The van der Waals surface area contributed by atoms with Crippen LogP contribution in [0.3, 0.4) is 0 Å². The molecule has 1 fully saturated rings. The zero-order chi connectivity index (χ0) is 8.97. The second-order valence-corrected chi connectivity index (χ2v) is 2.80. The highest BCUT2D eigenvalue weighted by Gasteiger charge is 2.20. The van der Waals surface area contributed by atoms with Crippen molar-refractivity contribution in [1.29, 1.82) is 0 Å². The number of guanidine groups is 1. The van der Waals surface area contributed by atoms with E-state index in [-0.39, 0.29) is 0 Å². The molecule has 0 bridgehead atoms. The summed E-state index contributed by atoms with van der Waals surface area (Å²) >= 11 is 0. The second kappa shape index (κ2) is 4.21. The summed E-state index contributed by atoms with van der Waals surface area (Å²) in [5.74, 6) is 0.714. The molecule has 0 aliphatic carbocycles. The Kier molecular flexibility index (Phi) is 3.22. The Labute approximate surface area is 73.0 Å². The lowest BCUT2D eigenvalue weighted by molar-refractivity contribution is 0.0327. The van der Waals surface area contributed by atoms with Gasteiger partial charge in [-0.15, -0.1) is 0 Å². The van der Waals surface area contributed by atoms with Crippen molar-refractivity contribution in [3.8, 4) is 0 Å². The number of morpholine rings is 1. The molecule has 1 aliphatic heterocycles. The standard InChI is InChI=1S/C8H15N3O/c1-7-6-12-5-4-11(7)8(9-2)10-3/h7H,2,4-6H2,1,3H3/t7-/m1/s1. The van der Waals surface area contributed by atoms with E-state index in [1.807, 2.05) is 0 Å². The van der Waals surface area contributed by atoms with Crippen LogP contribution in [0.5, 0.6) is 0 Å². The summed E-state index contributed by atoms with van der Waals surface area (Å²) in [6.45, 7) is 7.92. The molecule has 1 heterocycles. The zero-order valence-electron chi connectivity index (χ0n) is 7.66. The molecular formula is C8H15N3O. The topological polar surface area (TPSA) is 37.2 Å². The summed E-state index contributed by atoms with van der Waals surface area (Å²) in [7, 11) is 1.73. The van der Waals surface area contributed by atoms with E-state index in [9.17, 15) is 0 Å². The molecule has 4 heteroatoms. The molecule has 1 saturated heterocycles. The van der Waals surface area contributed by atoms with Crippen molar-refractivity contribution >= 4 is 12.7 Å². The van der Waals surface area contributed by atoms with Crippen LogP contribution in [0.15, 0.2) is 9.98 Å². The van der Waals surface area contributed by atoms with Crippen LogP contribution in [0.4, 0.5) is 0 Å². The van der Waals surface area contributed by atoms with Crippen molar-refractivity contribution in [3.05, 3.63) is 0 Å². The summed E-state index contributed by atoms with van der Waals surface area (Å²) in [6.07, 6.45) is 0. The lowest BCUT2D eigenvalue weighted by Gasteiger charge is -2.33. The quantitative estimate of drug-likeness (QED) is 0.388. The highest BCUT2D eigenvalue weighted by atomic mass is 16.5. The van der Waals surface area contributed by atoms with E-state index in [4.69, 9.17) is 4.74 Å². The number of rotatable bonds is 0. The SMILES string of the molecule is C=NC(=NC)N1CCOC[C@H]1C.